The molecule has 1 aliphatic carbocycles. The third-order valence-electron chi connectivity index (χ3n) is 12.4. The predicted molar refractivity (Wildman–Crippen MR) is 230 cm³/mol. The molecule has 1 saturated heterocycles. The molecule has 6 bridgehead atoms. The number of benzene rings is 2. The number of alkyl halides is 1. The van der Waals surface area contributed by atoms with Crippen LogP contribution in [0, 0.1) is 17.3 Å². The Kier molecular flexibility index (Phi) is 12.6. The van der Waals surface area contributed by atoms with Gasteiger partial charge in [-0.25, -0.2) is 9.82 Å². The Balaban J connectivity index is 1.35. The van der Waals surface area contributed by atoms with Crippen molar-refractivity contribution in [3.8, 4) is 28.1 Å². The molecule has 326 valence electrons. The van der Waals surface area contributed by atoms with Crippen LogP contribution in [0.4, 0.5) is 4.39 Å². The molecule has 0 radical (unpaired) electrons. The molecule has 3 N–H and O–H groups in total. The molecule has 1 saturated carbocycles. The van der Waals surface area contributed by atoms with Crippen LogP contribution in [-0.4, -0.2) is 99.9 Å². The molecular weight excluding hydrogens is 780 g/mol. The molecular formula is C47H59FN6O7. The molecule has 3 amide bonds. The van der Waals surface area contributed by atoms with E-state index in [0.29, 0.717) is 36.9 Å². The van der Waals surface area contributed by atoms with Crippen molar-refractivity contribution < 1.29 is 38.1 Å². The standard InChI is InChI=1S/C47H59FN6O7/c1-9-53-39-15-14-29-22-33(39)35(42(53)32-12-10-16-49-40(32)27(4)60-8)24-47(5,6)25-61-46(59)37-13-11-17-54(51-37)45(58)38(20-28-18-30(29)21-31(55)19-28)50-43(56)41(26(2)3)52(7)44(57)34-23-36(34)48/h10,12,14-16,18-19,21-22,26-27,34,36-38,41,51,55H,9,11,13,17,20,23-25H2,1-8H3,(H,50,56)/t27-,34-,36+,37-,38-,41?/m0/s1. The number of ether oxygens (including phenoxy) is 2. The number of nitrogens with one attached hydrogen (secondary N) is 2. The van der Waals surface area contributed by atoms with E-state index in [1.807, 2.05) is 25.1 Å². The van der Waals surface area contributed by atoms with E-state index in [-0.39, 0.29) is 43.8 Å². The van der Waals surface area contributed by atoms with Crippen molar-refractivity contribution in [2.45, 2.75) is 111 Å². The van der Waals surface area contributed by atoms with Crippen molar-refractivity contribution in [3.05, 3.63) is 71.5 Å². The fraction of sp³-hybridized carbons (Fsp3) is 0.511. The number of hydrogen-bond donors (Lipinski definition) is 3. The van der Waals surface area contributed by atoms with Gasteiger partial charge in [0.05, 0.1) is 30.0 Å². The number of carbonyl (C=O) groups excluding carboxylic acids is 4. The molecule has 2 aromatic carbocycles. The number of hydrogen-bond acceptors (Lipinski definition) is 9. The van der Waals surface area contributed by atoms with Crippen LogP contribution in [0.15, 0.2) is 54.7 Å². The molecule has 4 aromatic rings. The van der Waals surface area contributed by atoms with Crippen molar-refractivity contribution in [1.82, 2.24) is 30.2 Å². The molecule has 1 unspecified atom stereocenters. The summed E-state index contributed by atoms with van der Waals surface area (Å²) in [4.78, 5) is 61.7. The summed E-state index contributed by atoms with van der Waals surface area (Å²) in [5.74, 6) is -3.16. The maximum atomic E-state index is 14.5. The van der Waals surface area contributed by atoms with E-state index in [0.717, 1.165) is 39.0 Å². The van der Waals surface area contributed by atoms with Gasteiger partial charge in [0.1, 0.15) is 30.0 Å². The number of phenols is 1. The fourth-order valence-corrected chi connectivity index (χ4v) is 9.07. The minimum absolute atomic E-state index is 0.0174. The first-order valence-corrected chi connectivity index (χ1v) is 21.4. The number of phenolic OH excluding ortho intramolecular Hbond substituents is 1. The largest absolute Gasteiger partial charge is 0.508 e. The van der Waals surface area contributed by atoms with Gasteiger partial charge in [0.25, 0.3) is 5.91 Å². The number of aromatic hydroxyl groups is 1. The summed E-state index contributed by atoms with van der Waals surface area (Å²) in [5.41, 5.74) is 9.47. The van der Waals surface area contributed by atoms with Gasteiger partial charge < -0.3 is 29.4 Å². The summed E-state index contributed by atoms with van der Waals surface area (Å²) in [6.07, 6.45) is 1.85. The molecule has 7 rings (SSSR count). The number of halogens is 1. The summed E-state index contributed by atoms with van der Waals surface area (Å²) in [6, 6.07) is 12.4. The predicted octanol–water partition coefficient (Wildman–Crippen LogP) is 6.29. The Morgan fingerprint density at radius 2 is 1.89 bits per heavy atom. The number of nitrogens with zero attached hydrogens (tertiary/aromatic N) is 4. The molecule has 14 heteroatoms. The fourth-order valence-electron chi connectivity index (χ4n) is 9.07. The summed E-state index contributed by atoms with van der Waals surface area (Å²) in [7, 11) is 3.16. The van der Waals surface area contributed by atoms with Gasteiger partial charge in [0, 0.05) is 61.7 Å². The number of carbonyl (C=O) groups is 4. The number of hydrazine groups is 1. The average Bonchev–Trinajstić information content (AvgIpc) is 3.90. The molecule has 2 aliphatic heterocycles. The highest BCUT2D eigenvalue weighted by Crippen LogP contribution is 2.42. The van der Waals surface area contributed by atoms with E-state index in [1.165, 1.54) is 17.0 Å². The lowest BCUT2D eigenvalue weighted by atomic mass is 9.84. The molecule has 13 nitrogen and oxygen atoms in total. The van der Waals surface area contributed by atoms with Crippen LogP contribution in [0.2, 0.25) is 0 Å². The van der Waals surface area contributed by atoms with Gasteiger partial charge >= 0.3 is 5.97 Å². The van der Waals surface area contributed by atoms with Gasteiger partial charge in [0.15, 0.2) is 0 Å². The van der Waals surface area contributed by atoms with Crippen LogP contribution < -0.4 is 10.7 Å². The van der Waals surface area contributed by atoms with E-state index >= 15 is 0 Å². The average molecular weight is 839 g/mol. The van der Waals surface area contributed by atoms with Crippen LogP contribution >= 0.6 is 0 Å². The summed E-state index contributed by atoms with van der Waals surface area (Å²) >= 11 is 0. The number of amides is 3. The monoisotopic (exact) mass is 838 g/mol. The number of fused-ring (bicyclic) bond motifs is 6. The maximum absolute atomic E-state index is 14.5. The zero-order valence-electron chi connectivity index (χ0n) is 36.5. The zero-order valence-corrected chi connectivity index (χ0v) is 36.5. The number of cyclic esters (lactones) is 1. The Bertz CT molecular complexity index is 2330. The second-order valence-corrected chi connectivity index (χ2v) is 18.0. The van der Waals surface area contributed by atoms with Crippen LogP contribution in [0.5, 0.6) is 5.75 Å². The van der Waals surface area contributed by atoms with Gasteiger partial charge in [-0.05, 0) is 104 Å². The summed E-state index contributed by atoms with van der Waals surface area (Å²) < 4.78 is 28.1. The van der Waals surface area contributed by atoms with Crippen molar-refractivity contribution >= 4 is 34.6 Å². The SMILES string of the molecule is CCn1c(-c2cccnc2[C@H](C)OC)c2c3cc(ccc31)-c1cc(O)cc(c1)C[C@H](NC(=O)C(C(C)C)N(C)C(=O)[C@H]1C[C@H]1F)C(=O)N1CCC[C@H](N1)C(=O)OCC(C)(C)C2. The normalized spacial score (nSPS) is 22.6. The number of rotatable bonds is 9. The third-order valence-corrected chi connectivity index (χ3v) is 12.4. The minimum Gasteiger partial charge on any atom is -0.508 e. The van der Waals surface area contributed by atoms with Crippen molar-refractivity contribution in [2.24, 2.45) is 17.3 Å². The number of methoxy groups -OCH3 is 1. The molecule has 4 heterocycles. The van der Waals surface area contributed by atoms with E-state index in [4.69, 9.17) is 14.5 Å². The lowest BCUT2D eigenvalue weighted by Crippen LogP contribution is -2.62. The lowest BCUT2D eigenvalue weighted by molar-refractivity contribution is -0.155. The quantitative estimate of drug-likeness (QED) is 0.165. The first kappa shape index (κ1) is 43.7. The highest BCUT2D eigenvalue weighted by atomic mass is 19.1. The van der Waals surface area contributed by atoms with Crippen LogP contribution in [-0.2, 0) is 48.0 Å². The molecule has 6 atom stereocenters. The molecule has 3 aliphatic rings. The van der Waals surface area contributed by atoms with Crippen molar-refractivity contribution in [2.75, 3.05) is 27.3 Å². The molecule has 0 spiro atoms. The molecule has 2 fully saturated rings. The maximum Gasteiger partial charge on any atom is 0.324 e. The highest BCUT2D eigenvalue weighted by molar-refractivity contribution is 5.96. The van der Waals surface area contributed by atoms with Crippen LogP contribution in [0.25, 0.3) is 33.3 Å². The van der Waals surface area contributed by atoms with E-state index in [1.54, 1.807) is 39.3 Å². The summed E-state index contributed by atoms with van der Waals surface area (Å²) in [5, 5.41) is 16.5. The number of aryl methyl sites for hydroxylation is 1. The first-order valence-electron chi connectivity index (χ1n) is 21.4. The first-order chi connectivity index (χ1) is 29.0. The Hall–Kier alpha value is -5.34. The van der Waals surface area contributed by atoms with Crippen molar-refractivity contribution in [1.29, 1.82) is 0 Å². The van der Waals surface area contributed by atoms with Gasteiger partial charge in [-0.3, -0.25) is 29.2 Å². The number of aromatic nitrogens is 2. The smallest absolute Gasteiger partial charge is 0.324 e. The van der Waals surface area contributed by atoms with Crippen molar-refractivity contribution in [3.63, 3.8) is 0 Å². The van der Waals surface area contributed by atoms with E-state index in [2.05, 4.69) is 54.3 Å². The second-order valence-electron chi connectivity index (χ2n) is 18.0. The lowest BCUT2D eigenvalue weighted by Gasteiger charge is -2.36. The topological polar surface area (TPSA) is 155 Å². The molecule has 2 aromatic heterocycles. The Labute approximate surface area is 356 Å². The Morgan fingerprint density at radius 1 is 1.13 bits per heavy atom. The van der Waals surface area contributed by atoms with Crippen LogP contribution in [0.1, 0.15) is 83.7 Å². The van der Waals surface area contributed by atoms with Gasteiger partial charge in [-0.2, -0.15) is 0 Å². The number of likely N-dealkylation sites (N-methyl/N-ethyl adjacent to an activating group) is 1. The summed E-state index contributed by atoms with van der Waals surface area (Å²) in [6.45, 7) is 12.8. The third kappa shape index (κ3) is 9.02. The Morgan fingerprint density at radius 3 is 2.57 bits per heavy atom. The van der Waals surface area contributed by atoms with E-state index in [9.17, 15) is 28.7 Å². The van der Waals surface area contributed by atoms with Gasteiger partial charge in [0.2, 0.25) is 11.8 Å². The zero-order chi connectivity index (χ0) is 43.9. The van der Waals surface area contributed by atoms with Gasteiger partial charge in [-0.1, -0.05) is 39.8 Å². The minimum atomic E-state index is -1.23. The molecule has 61 heavy (non-hydrogen) atoms. The second kappa shape index (κ2) is 17.6. The highest BCUT2D eigenvalue weighted by Gasteiger charge is 2.47. The van der Waals surface area contributed by atoms with E-state index < -0.39 is 59.3 Å². The number of pyridine rings is 1. The van der Waals surface area contributed by atoms with Gasteiger partial charge in [-0.15, -0.1) is 0 Å². The number of esters is 1. The van der Waals surface area contributed by atoms with Crippen LogP contribution in [0.3, 0.4) is 0 Å².